The number of ketones is 4. The molecule has 2 saturated carbocycles. The van der Waals surface area contributed by atoms with Crippen LogP contribution in [0.25, 0.3) is 0 Å². The van der Waals surface area contributed by atoms with Crippen molar-refractivity contribution >= 4 is 82.1 Å². The molecule has 0 spiro atoms. The van der Waals surface area contributed by atoms with E-state index in [1.807, 2.05) is 0 Å². The Hall–Kier alpha value is -2.28. The highest BCUT2D eigenvalue weighted by molar-refractivity contribution is 8.26. The number of allylic oxidation sites excluding steroid dienone is 2. The number of carbonyl (C=O) groups is 6. The molecule has 8 nitrogen and oxygen atoms in total. The fourth-order valence-electron chi connectivity index (χ4n) is 4.16. The smallest absolute Gasteiger partial charge is 0.308 e. The Balaban J connectivity index is 1.70. The third-order valence-electron chi connectivity index (χ3n) is 5.65. The van der Waals surface area contributed by atoms with Crippen molar-refractivity contribution in [3.05, 3.63) is 19.6 Å². The summed E-state index contributed by atoms with van der Waals surface area (Å²) in [5.41, 5.74) is 0.244. The van der Waals surface area contributed by atoms with Gasteiger partial charge in [0.05, 0.1) is 39.2 Å². The zero-order chi connectivity index (χ0) is 25.7. The summed E-state index contributed by atoms with van der Waals surface area (Å²) in [7, 11) is 0. The van der Waals surface area contributed by atoms with Crippen molar-refractivity contribution in [2.45, 2.75) is 72.0 Å². The second-order valence-corrected chi connectivity index (χ2v) is 12.9. The van der Waals surface area contributed by atoms with Gasteiger partial charge >= 0.3 is 11.9 Å². The minimum absolute atomic E-state index is 0.122. The molecule has 12 heteroatoms. The van der Waals surface area contributed by atoms with E-state index in [4.69, 9.17) is 9.47 Å². The summed E-state index contributed by atoms with van der Waals surface area (Å²) in [6, 6.07) is 0. The Labute approximate surface area is 222 Å². The number of hydrogen-bond acceptors (Lipinski definition) is 12. The Bertz CT molecular complexity index is 1190. The molecule has 0 unspecified atom stereocenters. The maximum absolute atomic E-state index is 12.6. The number of rotatable bonds is 2. The average Bonchev–Trinajstić information content (AvgIpc) is 3.41. The molecule has 0 aromatic heterocycles. The maximum atomic E-state index is 12.6. The number of Topliss-reactive ketones (excluding diaryl/α,β-unsaturated/α-hetero) is 4. The Morgan fingerprint density at radius 1 is 0.556 bits per heavy atom. The van der Waals surface area contributed by atoms with Gasteiger partial charge in [0.1, 0.15) is 0 Å². The number of esters is 2. The largest absolute Gasteiger partial charge is 0.424 e. The second-order valence-electron chi connectivity index (χ2n) is 8.30. The first-order valence-electron chi connectivity index (χ1n) is 11.1. The van der Waals surface area contributed by atoms with Gasteiger partial charge < -0.3 is 9.47 Å². The van der Waals surface area contributed by atoms with E-state index in [2.05, 4.69) is 0 Å². The summed E-state index contributed by atoms with van der Waals surface area (Å²) in [6.07, 6.45) is 2.11. The second kappa shape index (κ2) is 9.88. The van der Waals surface area contributed by atoms with Crippen molar-refractivity contribution in [2.24, 2.45) is 0 Å². The SMILES string of the molecule is CC(=O)Oc1c2c(c(OC(C)=O)c3c1SC(=C1C(=O)CCCC1=O)S3)SC(=C1C(=O)CCCC1=O)S2. The molecule has 5 rings (SSSR count). The minimum Gasteiger partial charge on any atom is -0.424 e. The molecule has 1 aromatic carbocycles. The summed E-state index contributed by atoms with van der Waals surface area (Å²) in [5, 5.41) is 0. The van der Waals surface area contributed by atoms with Crippen LogP contribution in [0.3, 0.4) is 0 Å². The van der Waals surface area contributed by atoms with Crippen LogP contribution in [0, 0.1) is 0 Å². The average molecular weight is 563 g/mol. The summed E-state index contributed by atoms with van der Waals surface area (Å²) < 4.78 is 12.1. The third-order valence-corrected chi connectivity index (χ3v) is 10.8. The topological polar surface area (TPSA) is 121 Å². The molecule has 0 saturated heterocycles. The number of carbonyl (C=O) groups excluding carboxylic acids is 6. The van der Waals surface area contributed by atoms with Crippen molar-refractivity contribution < 1.29 is 38.2 Å². The first kappa shape index (κ1) is 25.4. The molecule has 0 atom stereocenters. The predicted octanol–water partition coefficient (Wildman–Crippen LogP) is 5.00. The van der Waals surface area contributed by atoms with Gasteiger partial charge in [-0.2, -0.15) is 0 Å². The number of thioether (sulfide) groups is 4. The van der Waals surface area contributed by atoms with E-state index in [1.165, 1.54) is 13.8 Å². The molecule has 36 heavy (non-hydrogen) atoms. The molecule has 2 heterocycles. The monoisotopic (exact) mass is 562 g/mol. The zero-order valence-corrected chi connectivity index (χ0v) is 22.4. The molecular weight excluding hydrogens is 545 g/mol. The van der Waals surface area contributed by atoms with E-state index in [0.717, 1.165) is 47.0 Å². The summed E-state index contributed by atoms with van der Waals surface area (Å²) in [5.74, 6) is -1.76. The number of benzene rings is 1. The lowest BCUT2D eigenvalue weighted by atomic mass is 9.94. The van der Waals surface area contributed by atoms with Crippen molar-refractivity contribution in [1.29, 1.82) is 0 Å². The van der Waals surface area contributed by atoms with E-state index in [0.29, 0.717) is 40.9 Å². The fourth-order valence-corrected chi connectivity index (χ4v) is 9.87. The van der Waals surface area contributed by atoms with E-state index in [1.54, 1.807) is 0 Å². The van der Waals surface area contributed by atoms with Gasteiger partial charge in [0.15, 0.2) is 34.6 Å². The van der Waals surface area contributed by atoms with E-state index in [9.17, 15) is 28.8 Å². The quantitative estimate of drug-likeness (QED) is 0.209. The van der Waals surface area contributed by atoms with Crippen LogP contribution in [0.15, 0.2) is 39.2 Å². The van der Waals surface area contributed by atoms with Gasteiger partial charge in [-0.05, 0) is 12.8 Å². The molecule has 0 bridgehead atoms. The van der Waals surface area contributed by atoms with Gasteiger partial charge in [0.2, 0.25) is 0 Å². The first-order valence-corrected chi connectivity index (χ1v) is 14.4. The molecule has 0 amide bonds. The van der Waals surface area contributed by atoms with Crippen molar-refractivity contribution in [3.63, 3.8) is 0 Å². The molecule has 2 aliphatic heterocycles. The van der Waals surface area contributed by atoms with E-state index in [-0.39, 0.29) is 71.5 Å². The molecule has 0 N–H and O–H groups in total. The lowest BCUT2D eigenvalue weighted by Gasteiger charge is -2.15. The van der Waals surface area contributed by atoms with Gasteiger partial charge in [-0.25, -0.2) is 0 Å². The van der Waals surface area contributed by atoms with Crippen LogP contribution in [-0.4, -0.2) is 35.1 Å². The van der Waals surface area contributed by atoms with Gasteiger partial charge in [-0.3, -0.25) is 28.8 Å². The van der Waals surface area contributed by atoms with Crippen LogP contribution in [0.2, 0.25) is 0 Å². The predicted molar refractivity (Wildman–Crippen MR) is 134 cm³/mol. The summed E-state index contributed by atoms with van der Waals surface area (Å²) in [6.45, 7) is 2.50. The number of hydrogen-bond donors (Lipinski definition) is 0. The van der Waals surface area contributed by atoms with Gasteiger partial charge in [0, 0.05) is 39.5 Å². The molecule has 1 aromatic rings. The van der Waals surface area contributed by atoms with E-state index < -0.39 is 11.9 Å². The highest BCUT2D eigenvalue weighted by atomic mass is 32.2. The van der Waals surface area contributed by atoms with Crippen LogP contribution >= 0.6 is 47.0 Å². The summed E-state index contributed by atoms with van der Waals surface area (Å²) >= 11 is 4.50. The van der Waals surface area contributed by atoms with Crippen molar-refractivity contribution in [2.75, 3.05) is 0 Å². The standard InChI is InChI=1S/C24H18O8S4/c1-9(25)31-17-19-21(35-23(33-19)15-11(27)5-3-6-12(15)28)18(32-10(2)26)22-20(17)34-24(36-22)16-13(29)7-4-8-14(16)30/h3-8H2,1-2H3. The number of ether oxygens (including phenoxy) is 2. The van der Waals surface area contributed by atoms with Gasteiger partial charge in [0.25, 0.3) is 0 Å². The fraction of sp³-hybridized carbons (Fsp3) is 0.333. The normalized spacial score (nSPS) is 19.6. The molecular formula is C24H18O8S4. The highest BCUT2D eigenvalue weighted by Crippen LogP contribution is 2.68. The van der Waals surface area contributed by atoms with Crippen LogP contribution in [0.5, 0.6) is 11.5 Å². The third kappa shape index (κ3) is 4.48. The lowest BCUT2D eigenvalue weighted by molar-refractivity contribution is -0.133. The van der Waals surface area contributed by atoms with Crippen molar-refractivity contribution in [3.8, 4) is 11.5 Å². The maximum Gasteiger partial charge on any atom is 0.308 e. The van der Waals surface area contributed by atoms with Gasteiger partial charge in [-0.15, -0.1) is 0 Å². The highest BCUT2D eigenvalue weighted by Gasteiger charge is 2.42. The molecule has 4 aliphatic rings. The van der Waals surface area contributed by atoms with Crippen LogP contribution in [0.1, 0.15) is 52.4 Å². The molecule has 186 valence electrons. The first-order chi connectivity index (χ1) is 17.2. The summed E-state index contributed by atoms with van der Waals surface area (Å²) in [4.78, 5) is 76.3. The Morgan fingerprint density at radius 2 is 0.833 bits per heavy atom. The van der Waals surface area contributed by atoms with Crippen molar-refractivity contribution in [1.82, 2.24) is 0 Å². The molecule has 2 fully saturated rings. The van der Waals surface area contributed by atoms with Crippen LogP contribution in [0.4, 0.5) is 0 Å². The number of fused-ring (bicyclic) bond motifs is 2. The Kier molecular flexibility index (Phi) is 6.96. The zero-order valence-electron chi connectivity index (χ0n) is 19.1. The van der Waals surface area contributed by atoms with Crippen LogP contribution in [-0.2, 0) is 28.8 Å². The lowest BCUT2D eigenvalue weighted by Crippen LogP contribution is -2.19. The molecule has 0 radical (unpaired) electrons. The molecule has 2 aliphatic carbocycles. The van der Waals surface area contributed by atoms with E-state index >= 15 is 0 Å². The Morgan fingerprint density at radius 3 is 1.08 bits per heavy atom. The van der Waals surface area contributed by atoms with Gasteiger partial charge in [-0.1, -0.05) is 47.0 Å². The minimum atomic E-state index is -0.590. The van der Waals surface area contributed by atoms with Crippen LogP contribution < -0.4 is 9.47 Å².